The maximum absolute atomic E-state index is 12.9. The first-order chi connectivity index (χ1) is 9.47. The minimum atomic E-state index is -3.39. The lowest BCUT2D eigenvalue weighted by molar-refractivity contribution is -0.135. The van der Waals surface area contributed by atoms with Crippen molar-refractivity contribution in [2.45, 2.75) is 49.7 Å². The molecule has 5 nitrogen and oxygen atoms in total. The van der Waals surface area contributed by atoms with Crippen LogP contribution in [0.2, 0.25) is 0 Å². The lowest BCUT2D eigenvalue weighted by atomic mass is 9.94. The second-order valence-electron chi connectivity index (χ2n) is 6.08. The van der Waals surface area contributed by atoms with E-state index in [9.17, 15) is 13.2 Å². The molecule has 1 amide bonds. The van der Waals surface area contributed by atoms with Gasteiger partial charge in [0, 0.05) is 19.3 Å². The van der Waals surface area contributed by atoms with Crippen LogP contribution in [0.5, 0.6) is 0 Å². The molecule has 2 aliphatic rings. The Labute approximate surface area is 134 Å². The van der Waals surface area contributed by atoms with Gasteiger partial charge in [-0.1, -0.05) is 19.3 Å². The molecule has 0 aliphatic carbocycles. The monoisotopic (exact) mass is 338 g/mol. The largest absolute Gasteiger partial charge is 0.341 e. The fourth-order valence-electron chi connectivity index (χ4n) is 3.31. The number of piperidine rings is 1. The predicted molar refractivity (Wildman–Crippen MR) is 86.6 cm³/mol. The van der Waals surface area contributed by atoms with E-state index in [0.29, 0.717) is 39.0 Å². The van der Waals surface area contributed by atoms with Crippen LogP contribution in [0.3, 0.4) is 0 Å². The fourth-order valence-corrected chi connectivity index (χ4v) is 4.70. The highest BCUT2D eigenvalue weighted by molar-refractivity contribution is 7.92. The molecule has 124 valence electrons. The number of hydrogen-bond acceptors (Lipinski definition) is 4. The number of carbonyl (C=O) groups excluding carboxylic acids is 1. The summed E-state index contributed by atoms with van der Waals surface area (Å²) in [5, 5.41) is 3.16. The topological polar surface area (TPSA) is 66.5 Å². The molecule has 0 spiro atoms. The molecule has 0 unspecified atom stereocenters. The number of nitrogens with one attached hydrogen (secondary N) is 1. The molecule has 2 saturated heterocycles. The number of rotatable bonds is 2. The lowest BCUT2D eigenvalue weighted by Gasteiger charge is -2.39. The Morgan fingerprint density at radius 1 is 1.00 bits per heavy atom. The molecule has 2 rings (SSSR count). The third-order valence-electron chi connectivity index (χ3n) is 4.65. The zero-order valence-electron chi connectivity index (χ0n) is 12.8. The third kappa shape index (κ3) is 4.11. The molecule has 0 atom stereocenters. The molecule has 1 N–H and O–H groups in total. The van der Waals surface area contributed by atoms with Crippen LogP contribution in [0.15, 0.2) is 0 Å². The van der Waals surface area contributed by atoms with Gasteiger partial charge in [-0.05, 0) is 38.8 Å². The first-order valence-electron chi connectivity index (χ1n) is 7.67. The van der Waals surface area contributed by atoms with E-state index in [1.807, 2.05) is 4.90 Å². The van der Waals surface area contributed by atoms with E-state index < -0.39 is 14.6 Å². The molecule has 0 aromatic carbocycles. The Morgan fingerprint density at radius 2 is 1.48 bits per heavy atom. The van der Waals surface area contributed by atoms with Gasteiger partial charge in [0.25, 0.3) is 0 Å². The summed E-state index contributed by atoms with van der Waals surface area (Å²) < 4.78 is 23.4. The number of nitrogens with zero attached hydrogens (tertiary/aromatic N) is 1. The second kappa shape index (κ2) is 7.79. The van der Waals surface area contributed by atoms with Gasteiger partial charge in [-0.15, -0.1) is 12.4 Å². The van der Waals surface area contributed by atoms with Gasteiger partial charge in [0.1, 0.15) is 0 Å². The number of likely N-dealkylation sites (tertiary alicyclic amines) is 1. The summed E-state index contributed by atoms with van der Waals surface area (Å²) >= 11 is 0. The van der Waals surface area contributed by atoms with E-state index in [0.717, 1.165) is 25.7 Å². The SMILES string of the molecule is CS(=O)(=O)C1(C(=O)N2CCCCCCC2)CCNCC1.Cl. The van der Waals surface area contributed by atoms with Crippen LogP contribution in [0.4, 0.5) is 0 Å². The Bertz CT molecular complexity index is 439. The van der Waals surface area contributed by atoms with Gasteiger partial charge in [-0.3, -0.25) is 4.79 Å². The molecule has 2 aliphatic heterocycles. The van der Waals surface area contributed by atoms with E-state index in [4.69, 9.17) is 0 Å². The highest BCUT2D eigenvalue weighted by Gasteiger charge is 2.50. The smallest absolute Gasteiger partial charge is 0.244 e. The Hall–Kier alpha value is -0.330. The maximum Gasteiger partial charge on any atom is 0.244 e. The summed E-state index contributed by atoms with van der Waals surface area (Å²) in [6.45, 7) is 2.63. The summed E-state index contributed by atoms with van der Waals surface area (Å²) in [5.41, 5.74) is 0. The summed E-state index contributed by atoms with van der Waals surface area (Å²) in [7, 11) is -3.39. The highest BCUT2D eigenvalue weighted by atomic mass is 35.5. The van der Waals surface area contributed by atoms with Gasteiger partial charge in [0.15, 0.2) is 14.6 Å². The Morgan fingerprint density at radius 3 is 1.95 bits per heavy atom. The molecule has 2 fully saturated rings. The quantitative estimate of drug-likeness (QED) is 0.825. The fraction of sp³-hybridized carbons (Fsp3) is 0.929. The van der Waals surface area contributed by atoms with E-state index in [-0.39, 0.29) is 18.3 Å². The minimum Gasteiger partial charge on any atom is -0.341 e. The predicted octanol–water partition coefficient (Wildman–Crippen LogP) is 1.37. The van der Waals surface area contributed by atoms with Crippen molar-refractivity contribution in [3.63, 3.8) is 0 Å². The van der Waals surface area contributed by atoms with Crippen molar-refractivity contribution in [2.24, 2.45) is 0 Å². The van der Waals surface area contributed by atoms with Crippen LogP contribution in [0, 0.1) is 0 Å². The standard InChI is InChI=1S/C14H26N2O3S.ClH/c1-20(18,19)14(7-9-15-10-8-14)13(17)16-11-5-3-2-4-6-12-16;/h15H,2-12H2,1H3;1H. The summed E-state index contributed by atoms with van der Waals surface area (Å²) in [6.07, 6.45) is 7.51. The summed E-state index contributed by atoms with van der Waals surface area (Å²) in [6, 6.07) is 0. The van der Waals surface area contributed by atoms with Crippen molar-refractivity contribution in [2.75, 3.05) is 32.4 Å². The zero-order valence-corrected chi connectivity index (χ0v) is 14.4. The van der Waals surface area contributed by atoms with Gasteiger partial charge in [0.2, 0.25) is 5.91 Å². The molecular weight excluding hydrogens is 312 g/mol. The van der Waals surface area contributed by atoms with Crippen molar-refractivity contribution < 1.29 is 13.2 Å². The second-order valence-corrected chi connectivity index (χ2v) is 8.40. The minimum absolute atomic E-state index is 0. The number of hydrogen-bond donors (Lipinski definition) is 1. The van der Waals surface area contributed by atoms with Crippen molar-refractivity contribution in [3.8, 4) is 0 Å². The normalized spacial score (nSPS) is 23.6. The number of carbonyl (C=O) groups is 1. The number of halogens is 1. The molecule has 2 heterocycles. The Kier molecular flexibility index (Phi) is 6.94. The molecule has 0 saturated carbocycles. The zero-order chi connectivity index (χ0) is 14.6. The average Bonchev–Trinajstić information content (AvgIpc) is 2.37. The van der Waals surface area contributed by atoms with Gasteiger partial charge < -0.3 is 10.2 Å². The van der Waals surface area contributed by atoms with Crippen LogP contribution in [0.25, 0.3) is 0 Å². The molecule has 0 aromatic heterocycles. The van der Waals surface area contributed by atoms with Gasteiger partial charge in [-0.2, -0.15) is 0 Å². The summed E-state index contributed by atoms with van der Waals surface area (Å²) in [4.78, 5) is 14.7. The average molecular weight is 339 g/mol. The summed E-state index contributed by atoms with van der Waals surface area (Å²) in [5.74, 6) is -0.150. The third-order valence-corrected chi connectivity index (χ3v) is 6.66. The van der Waals surface area contributed by atoms with Crippen LogP contribution in [-0.2, 0) is 14.6 Å². The van der Waals surface area contributed by atoms with Crippen molar-refractivity contribution in [1.29, 1.82) is 0 Å². The first kappa shape index (κ1) is 18.7. The molecule has 21 heavy (non-hydrogen) atoms. The van der Waals surface area contributed by atoms with Crippen molar-refractivity contribution in [3.05, 3.63) is 0 Å². The molecule has 0 bridgehead atoms. The van der Waals surface area contributed by atoms with Crippen LogP contribution in [0.1, 0.15) is 44.9 Å². The van der Waals surface area contributed by atoms with E-state index in [1.54, 1.807) is 0 Å². The van der Waals surface area contributed by atoms with Crippen LogP contribution >= 0.6 is 12.4 Å². The van der Waals surface area contributed by atoms with Gasteiger partial charge in [-0.25, -0.2) is 8.42 Å². The molecule has 7 heteroatoms. The molecule has 0 radical (unpaired) electrons. The maximum atomic E-state index is 12.9. The number of amides is 1. The van der Waals surface area contributed by atoms with Crippen molar-refractivity contribution >= 4 is 28.2 Å². The number of sulfone groups is 1. The van der Waals surface area contributed by atoms with Crippen LogP contribution < -0.4 is 5.32 Å². The van der Waals surface area contributed by atoms with E-state index in [1.165, 1.54) is 12.7 Å². The molecular formula is C14H27ClN2O3S. The van der Waals surface area contributed by atoms with Gasteiger partial charge >= 0.3 is 0 Å². The first-order valence-corrected chi connectivity index (χ1v) is 9.56. The Balaban J connectivity index is 0.00000220. The lowest BCUT2D eigenvalue weighted by Crippen LogP contribution is -2.58. The van der Waals surface area contributed by atoms with Crippen molar-refractivity contribution in [1.82, 2.24) is 10.2 Å². The van der Waals surface area contributed by atoms with Crippen LogP contribution in [-0.4, -0.2) is 56.4 Å². The van der Waals surface area contributed by atoms with E-state index in [2.05, 4.69) is 5.32 Å². The molecule has 0 aromatic rings. The van der Waals surface area contributed by atoms with Gasteiger partial charge in [0.05, 0.1) is 0 Å². The van der Waals surface area contributed by atoms with E-state index >= 15 is 0 Å². The highest BCUT2D eigenvalue weighted by Crippen LogP contribution is 2.30.